The molecule has 8 atom stereocenters. The number of nitriles is 1. The maximum Gasteiger partial charge on any atom is 0.254 e. The maximum atomic E-state index is 14.6. The molecule has 3 fully saturated rings. The predicted octanol–water partition coefficient (Wildman–Crippen LogP) is 4.30. The van der Waals surface area contributed by atoms with E-state index in [0.29, 0.717) is 31.4 Å². The van der Waals surface area contributed by atoms with Gasteiger partial charge in [0.2, 0.25) is 5.91 Å². The fourth-order valence-corrected chi connectivity index (χ4v) is 10.5. The van der Waals surface area contributed by atoms with Gasteiger partial charge >= 0.3 is 0 Å². The summed E-state index contributed by atoms with van der Waals surface area (Å²) in [6.07, 6.45) is 12.1. The number of aromatic amines is 1. The Hall–Kier alpha value is -3.58. The van der Waals surface area contributed by atoms with Crippen LogP contribution in [-0.2, 0) is 14.4 Å². The number of Topliss-reactive ketones (excluding diaryl/α,β-unsaturated/α-hetero) is 1. The Morgan fingerprint density at radius 1 is 1.13 bits per heavy atom. The number of allylic oxidation sites excluding steroid dienone is 3. The minimum Gasteiger partial charge on any atom is -0.381 e. The second-order valence-corrected chi connectivity index (χ2v) is 16.3. The average Bonchev–Trinajstić information content (AvgIpc) is 3.56. The Balaban J connectivity index is 1.29. The molecule has 6 rings (SSSR count). The molecule has 10 heteroatoms. The fourth-order valence-electron chi connectivity index (χ4n) is 10.5. The first kappa shape index (κ1) is 32.4. The minimum atomic E-state index is -1.60. The molecule has 0 saturated heterocycles. The highest BCUT2D eigenvalue weighted by Gasteiger charge is 2.74. The molecule has 1 heterocycles. The number of hydrogen-bond donors (Lipinski definition) is 3. The number of nitrogens with one attached hydrogen (secondary N) is 2. The summed E-state index contributed by atoms with van der Waals surface area (Å²) in [5, 5.41) is 31.8. The highest BCUT2D eigenvalue weighted by atomic mass is 16.3. The second kappa shape index (κ2) is 10.5. The van der Waals surface area contributed by atoms with Crippen LogP contribution in [0.3, 0.4) is 0 Å². The lowest BCUT2D eigenvalue weighted by molar-refractivity contribution is -0.242. The third-order valence-corrected chi connectivity index (χ3v) is 13.8. The highest BCUT2D eigenvalue weighted by Crippen LogP contribution is 2.74. The molecule has 0 radical (unpaired) electrons. The smallest absolute Gasteiger partial charge is 0.254 e. The monoisotopic (exact) mass is 629 g/mol. The molecule has 5 aliphatic rings. The number of carbonyl (C=O) groups excluding carboxylic acids is 4. The van der Waals surface area contributed by atoms with Crippen LogP contribution < -0.4 is 5.32 Å². The highest BCUT2D eigenvalue weighted by molar-refractivity contribution is 6.02. The van der Waals surface area contributed by atoms with E-state index in [9.17, 15) is 29.5 Å². The third kappa shape index (κ3) is 4.40. The second-order valence-electron chi connectivity index (χ2n) is 16.3. The number of carbonyl (C=O) groups is 4. The number of amides is 2. The number of H-pyrrole nitrogens is 1. The zero-order valence-electron chi connectivity index (χ0n) is 28.0. The number of aliphatic hydroxyl groups is 1. The predicted molar refractivity (Wildman–Crippen MR) is 170 cm³/mol. The van der Waals surface area contributed by atoms with Gasteiger partial charge in [0.15, 0.2) is 11.6 Å². The van der Waals surface area contributed by atoms with Crippen LogP contribution in [0, 0.1) is 50.2 Å². The van der Waals surface area contributed by atoms with Crippen LogP contribution in [0.4, 0.5) is 0 Å². The van der Waals surface area contributed by atoms with Crippen LogP contribution in [0.1, 0.15) is 96.3 Å². The number of fused-ring (bicyclic) bond motifs is 7. The summed E-state index contributed by atoms with van der Waals surface area (Å²) in [4.78, 5) is 54.4. The van der Waals surface area contributed by atoms with Gasteiger partial charge in [0.05, 0.1) is 23.9 Å². The molecule has 0 spiro atoms. The largest absolute Gasteiger partial charge is 0.381 e. The molecule has 46 heavy (non-hydrogen) atoms. The molecule has 2 amide bonds. The third-order valence-electron chi connectivity index (χ3n) is 13.8. The quantitative estimate of drug-likeness (QED) is 0.439. The van der Waals surface area contributed by atoms with Gasteiger partial charge in [0, 0.05) is 43.0 Å². The van der Waals surface area contributed by atoms with E-state index >= 15 is 0 Å². The molecule has 0 aliphatic heterocycles. The lowest BCUT2D eigenvalue weighted by Gasteiger charge is -2.71. The molecule has 0 aromatic carbocycles. The molecule has 1 aromatic heterocycles. The van der Waals surface area contributed by atoms with Crippen molar-refractivity contribution in [3.8, 4) is 6.07 Å². The van der Waals surface area contributed by atoms with E-state index in [2.05, 4.69) is 56.2 Å². The molecule has 0 unspecified atom stereocenters. The summed E-state index contributed by atoms with van der Waals surface area (Å²) in [5.41, 5.74) is -2.57. The first-order valence-electron chi connectivity index (χ1n) is 16.6. The van der Waals surface area contributed by atoms with Crippen molar-refractivity contribution >= 4 is 23.4 Å². The fraction of sp³-hybridized carbons (Fsp3) is 0.667. The molecular formula is C36H47N5O5. The Labute approximate surface area is 271 Å². The number of nitrogens with zero attached hydrogens (tertiary/aromatic N) is 3. The normalized spacial score (nSPS) is 41.4. The van der Waals surface area contributed by atoms with Crippen LogP contribution in [0.15, 0.2) is 35.7 Å². The Kier molecular flexibility index (Phi) is 7.36. The average molecular weight is 630 g/mol. The van der Waals surface area contributed by atoms with E-state index in [1.165, 1.54) is 12.4 Å². The van der Waals surface area contributed by atoms with Gasteiger partial charge in [0.25, 0.3) is 5.91 Å². The number of rotatable bonds is 5. The van der Waals surface area contributed by atoms with Crippen LogP contribution in [0.2, 0.25) is 0 Å². The molecule has 1 aromatic rings. The van der Waals surface area contributed by atoms with Crippen molar-refractivity contribution in [3.05, 3.63) is 41.3 Å². The standard InChI is InChI=1S/C36H47N5O5/c1-31(21-41(6)29(44)20-38-30(45)23-18-39-40-19-23)9-10-32(2)11-12-35(5)34(4)8-7-24-13-25(42)22(17-37)15-33(24,3)26(34)14-28(43)36(35,46)27(32)16-31/h14-15,18-19,24,27,46H,7-13,16,20-21H2,1-6H3,(H,38,45)(H,39,40)/t24-,27+,31-,32+,33-,34+,35-,36+/m0/s1. The minimum absolute atomic E-state index is 0.0170. The van der Waals surface area contributed by atoms with Gasteiger partial charge in [-0.15, -0.1) is 0 Å². The van der Waals surface area contributed by atoms with Crippen molar-refractivity contribution < 1.29 is 24.3 Å². The Morgan fingerprint density at radius 3 is 2.52 bits per heavy atom. The summed E-state index contributed by atoms with van der Waals surface area (Å²) in [6, 6.07) is 2.10. The molecule has 3 N–H and O–H groups in total. The molecule has 0 bridgehead atoms. The van der Waals surface area contributed by atoms with Crippen molar-refractivity contribution in [1.82, 2.24) is 20.4 Å². The molecule has 10 nitrogen and oxygen atoms in total. The first-order valence-corrected chi connectivity index (χ1v) is 16.6. The Bertz CT molecular complexity index is 1610. The summed E-state index contributed by atoms with van der Waals surface area (Å²) in [5.74, 6) is -1.28. The van der Waals surface area contributed by atoms with E-state index in [1.807, 2.05) is 6.08 Å². The summed E-state index contributed by atoms with van der Waals surface area (Å²) in [7, 11) is 1.74. The van der Waals surface area contributed by atoms with Gasteiger partial charge in [-0.05, 0) is 78.8 Å². The van der Waals surface area contributed by atoms with Crippen LogP contribution >= 0.6 is 0 Å². The van der Waals surface area contributed by atoms with E-state index in [4.69, 9.17) is 0 Å². The lowest BCUT2D eigenvalue weighted by atomic mass is 9.33. The van der Waals surface area contributed by atoms with E-state index in [1.54, 1.807) is 18.0 Å². The number of aromatic nitrogens is 2. The van der Waals surface area contributed by atoms with Crippen molar-refractivity contribution in [3.63, 3.8) is 0 Å². The topological polar surface area (TPSA) is 156 Å². The van der Waals surface area contributed by atoms with Crippen molar-refractivity contribution in [2.24, 2.45) is 38.9 Å². The Morgan fingerprint density at radius 2 is 1.85 bits per heavy atom. The van der Waals surface area contributed by atoms with Crippen molar-refractivity contribution in [2.75, 3.05) is 20.1 Å². The molecule has 3 saturated carbocycles. The first-order chi connectivity index (χ1) is 21.5. The SMILES string of the molecule is CN(C[C@@]1(C)CC[C@]2(C)CC[C@@]3(C)[C@]4(C)CC[C@H]5CC(=O)C(C#N)=C[C@]5(C)C4=CC(=O)[C@]3(O)[C@@H]2C1)C(=O)CNC(=O)c1cn[nH]c1. The van der Waals surface area contributed by atoms with E-state index < -0.39 is 21.8 Å². The van der Waals surface area contributed by atoms with Crippen LogP contribution in [0.5, 0.6) is 0 Å². The molecule has 246 valence electrons. The van der Waals surface area contributed by atoms with Crippen molar-refractivity contribution in [2.45, 2.75) is 91.6 Å². The van der Waals surface area contributed by atoms with Gasteiger partial charge < -0.3 is 15.3 Å². The van der Waals surface area contributed by atoms with Crippen molar-refractivity contribution in [1.29, 1.82) is 5.26 Å². The van der Waals surface area contributed by atoms with E-state index in [-0.39, 0.29) is 58.2 Å². The number of hydrogen-bond acceptors (Lipinski definition) is 7. The van der Waals surface area contributed by atoms with Gasteiger partial charge in [0.1, 0.15) is 11.7 Å². The lowest BCUT2D eigenvalue weighted by Crippen LogP contribution is -2.73. The number of likely N-dealkylation sites (N-methyl/N-ethyl adjacent to an activating group) is 1. The number of ketones is 2. The maximum absolute atomic E-state index is 14.6. The summed E-state index contributed by atoms with van der Waals surface area (Å²) < 4.78 is 0. The van der Waals surface area contributed by atoms with E-state index in [0.717, 1.165) is 37.7 Å². The van der Waals surface area contributed by atoms with Gasteiger partial charge in [-0.1, -0.05) is 40.7 Å². The zero-order valence-corrected chi connectivity index (χ0v) is 28.0. The van der Waals surface area contributed by atoms with Gasteiger partial charge in [-0.2, -0.15) is 10.4 Å². The summed E-state index contributed by atoms with van der Waals surface area (Å²) >= 11 is 0. The van der Waals surface area contributed by atoms with Gasteiger partial charge in [-0.3, -0.25) is 24.3 Å². The van der Waals surface area contributed by atoms with Crippen LogP contribution in [0.25, 0.3) is 0 Å². The summed E-state index contributed by atoms with van der Waals surface area (Å²) in [6.45, 7) is 11.0. The molecular weight excluding hydrogens is 582 g/mol. The van der Waals surface area contributed by atoms with Crippen LogP contribution in [-0.4, -0.2) is 69.3 Å². The van der Waals surface area contributed by atoms with Gasteiger partial charge in [-0.25, -0.2) is 0 Å². The molecule has 5 aliphatic carbocycles. The zero-order chi connectivity index (χ0) is 33.5.